The van der Waals surface area contributed by atoms with Crippen molar-refractivity contribution in [3.05, 3.63) is 42.1 Å². The van der Waals surface area contributed by atoms with Gasteiger partial charge in [-0.1, -0.05) is 13.0 Å². The second-order valence-electron chi connectivity index (χ2n) is 5.94. The molecule has 6 heteroatoms. The van der Waals surface area contributed by atoms with Crippen molar-refractivity contribution in [1.82, 2.24) is 19.4 Å². The number of anilines is 1. The first kappa shape index (κ1) is 15.5. The topological polar surface area (TPSA) is 63.1 Å². The van der Waals surface area contributed by atoms with Gasteiger partial charge >= 0.3 is 6.03 Å². The van der Waals surface area contributed by atoms with Gasteiger partial charge in [-0.2, -0.15) is 0 Å². The van der Waals surface area contributed by atoms with Gasteiger partial charge in [-0.3, -0.25) is 5.32 Å². The molecule has 2 aromatic rings. The molecule has 0 radical (unpaired) electrons. The molecule has 2 amide bonds. The summed E-state index contributed by atoms with van der Waals surface area (Å²) < 4.78 is 2.21. The van der Waals surface area contributed by atoms with Crippen molar-refractivity contribution < 1.29 is 4.79 Å². The molecule has 3 rings (SSSR count). The molecule has 122 valence electrons. The number of hydrogen-bond donors (Lipinski definition) is 1. The van der Waals surface area contributed by atoms with Gasteiger partial charge in [0.1, 0.15) is 11.6 Å². The lowest BCUT2D eigenvalue weighted by Crippen LogP contribution is -2.43. The molecule has 0 unspecified atom stereocenters. The van der Waals surface area contributed by atoms with E-state index >= 15 is 0 Å². The molecule has 1 fully saturated rings. The smallest absolute Gasteiger partial charge is 0.323 e. The van der Waals surface area contributed by atoms with Gasteiger partial charge in [-0.15, -0.1) is 0 Å². The fourth-order valence-electron chi connectivity index (χ4n) is 3.12. The monoisotopic (exact) mass is 313 g/mol. The highest BCUT2D eigenvalue weighted by molar-refractivity contribution is 5.88. The number of amides is 2. The van der Waals surface area contributed by atoms with Crippen LogP contribution in [0, 0.1) is 6.92 Å². The Morgan fingerprint density at radius 3 is 3.09 bits per heavy atom. The van der Waals surface area contributed by atoms with E-state index in [1.54, 1.807) is 0 Å². The molecule has 3 heterocycles. The molecule has 6 nitrogen and oxygen atoms in total. The van der Waals surface area contributed by atoms with Crippen LogP contribution in [-0.4, -0.2) is 38.6 Å². The van der Waals surface area contributed by atoms with Crippen molar-refractivity contribution in [2.45, 2.75) is 39.2 Å². The van der Waals surface area contributed by atoms with Gasteiger partial charge in [0.25, 0.3) is 0 Å². The van der Waals surface area contributed by atoms with Crippen LogP contribution in [-0.2, 0) is 6.42 Å². The Bertz CT molecular complexity index is 681. The first-order chi connectivity index (χ1) is 11.2. The van der Waals surface area contributed by atoms with Crippen LogP contribution in [0.2, 0.25) is 0 Å². The van der Waals surface area contributed by atoms with E-state index in [4.69, 9.17) is 0 Å². The Balaban J connectivity index is 1.67. The number of urea groups is 1. The van der Waals surface area contributed by atoms with E-state index < -0.39 is 0 Å². The Hall–Kier alpha value is -2.37. The minimum Gasteiger partial charge on any atom is -0.330 e. The lowest BCUT2D eigenvalue weighted by molar-refractivity contribution is 0.178. The fourth-order valence-corrected chi connectivity index (χ4v) is 3.12. The number of carbonyl (C=O) groups excluding carboxylic acids is 1. The van der Waals surface area contributed by atoms with E-state index in [0.29, 0.717) is 18.4 Å². The first-order valence-electron chi connectivity index (χ1n) is 8.18. The number of imidazole rings is 1. The van der Waals surface area contributed by atoms with E-state index in [9.17, 15) is 4.79 Å². The number of hydrogen-bond acceptors (Lipinski definition) is 3. The van der Waals surface area contributed by atoms with Crippen LogP contribution >= 0.6 is 0 Å². The Morgan fingerprint density at radius 2 is 2.30 bits per heavy atom. The fraction of sp³-hybridized carbons (Fsp3) is 0.471. The zero-order valence-corrected chi connectivity index (χ0v) is 13.7. The number of aromatic nitrogens is 3. The predicted molar refractivity (Wildman–Crippen MR) is 89.4 cm³/mol. The Kier molecular flexibility index (Phi) is 4.60. The van der Waals surface area contributed by atoms with Gasteiger partial charge in [0.2, 0.25) is 0 Å². The highest BCUT2D eigenvalue weighted by Gasteiger charge is 2.25. The van der Waals surface area contributed by atoms with Gasteiger partial charge in [-0.05, 0) is 31.9 Å². The SMILES string of the molecule is CCc1nccn1[C@@H]1CCCN(C(=O)Nc2cccc(C)n2)C1. The molecule has 1 N–H and O–H groups in total. The van der Waals surface area contributed by atoms with E-state index in [0.717, 1.165) is 37.3 Å². The molecule has 0 aliphatic carbocycles. The Morgan fingerprint density at radius 1 is 1.43 bits per heavy atom. The molecule has 0 saturated carbocycles. The summed E-state index contributed by atoms with van der Waals surface area (Å²) in [5, 5.41) is 2.90. The number of nitrogens with one attached hydrogen (secondary N) is 1. The highest BCUT2D eigenvalue weighted by Crippen LogP contribution is 2.23. The lowest BCUT2D eigenvalue weighted by atomic mass is 10.1. The number of pyridine rings is 1. The largest absolute Gasteiger partial charge is 0.330 e. The quantitative estimate of drug-likeness (QED) is 0.947. The summed E-state index contributed by atoms with van der Waals surface area (Å²) in [6, 6.07) is 5.86. The molecule has 1 saturated heterocycles. The van der Waals surface area contributed by atoms with Crippen molar-refractivity contribution >= 4 is 11.8 Å². The normalized spacial score (nSPS) is 18.0. The van der Waals surface area contributed by atoms with Crippen molar-refractivity contribution in [2.24, 2.45) is 0 Å². The van der Waals surface area contributed by atoms with Crippen LogP contribution in [0.15, 0.2) is 30.6 Å². The number of rotatable bonds is 3. The van der Waals surface area contributed by atoms with Crippen LogP contribution in [0.3, 0.4) is 0 Å². The van der Waals surface area contributed by atoms with Crippen molar-refractivity contribution in [3.8, 4) is 0 Å². The standard InChI is InChI=1S/C17H23N5O/c1-3-16-18-9-11-22(16)14-7-5-10-21(12-14)17(23)20-15-8-4-6-13(2)19-15/h4,6,8-9,11,14H,3,5,7,10,12H2,1-2H3,(H,19,20,23)/t14-/m1/s1. The zero-order valence-electron chi connectivity index (χ0n) is 13.7. The minimum absolute atomic E-state index is 0.0778. The van der Waals surface area contributed by atoms with E-state index in [2.05, 4.69) is 26.8 Å². The summed E-state index contributed by atoms with van der Waals surface area (Å²) in [6.45, 7) is 5.51. The van der Waals surface area contributed by atoms with Crippen LogP contribution < -0.4 is 5.32 Å². The molecule has 0 bridgehead atoms. The number of piperidine rings is 1. The number of likely N-dealkylation sites (tertiary alicyclic amines) is 1. The van der Waals surface area contributed by atoms with Crippen LogP contribution in [0.4, 0.5) is 10.6 Å². The number of nitrogens with zero attached hydrogens (tertiary/aromatic N) is 4. The third kappa shape index (κ3) is 3.52. The molecule has 1 atom stereocenters. The maximum absolute atomic E-state index is 12.5. The average Bonchev–Trinajstić information content (AvgIpc) is 3.03. The van der Waals surface area contributed by atoms with Gasteiger partial charge in [-0.25, -0.2) is 14.8 Å². The number of carbonyl (C=O) groups is 1. The second kappa shape index (κ2) is 6.81. The maximum atomic E-state index is 12.5. The summed E-state index contributed by atoms with van der Waals surface area (Å²) in [4.78, 5) is 23.1. The summed E-state index contributed by atoms with van der Waals surface area (Å²) in [5.74, 6) is 1.69. The van der Waals surface area contributed by atoms with Crippen molar-refractivity contribution in [2.75, 3.05) is 18.4 Å². The zero-order chi connectivity index (χ0) is 16.2. The molecule has 1 aliphatic heterocycles. The maximum Gasteiger partial charge on any atom is 0.323 e. The molecular formula is C17H23N5O. The summed E-state index contributed by atoms with van der Waals surface area (Å²) in [6.07, 6.45) is 6.85. The molecule has 1 aliphatic rings. The van der Waals surface area contributed by atoms with Crippen LogP contribution in [0.5, 0.6) is 0 Å². The van der Waals surface area contributed by atoms with Crippen molar-refractivity contribution in [1.29, 1.82) is 0 Å². The van der Waals surface area contributed by atoms with Crippen LogP contribution in [0.1, 0.15) is 37.3 Å². The number of aryl methyl sites for hydroxylation is 2. The predicted octanol–water partition coefficient (Wildman–Crippen LogP) is 3.02. The molecule has 0 spiro atoms. The second-order valence-corrected chi connectivity index (χ2v) is 5.94. The average molecular weight is 313 g/mol. The van der Waals surface area contributed by atoms with Gasteiger partial charge in [0.15, 0.2) is 0 Å². The molecule has 2 aromatic heterocycles. The highest BCUT2D eigenvalue weighted by atomic mass is 16.2. The van der Waals surface area contributed by atoms with Crippen LogP contribution in [0.25, 0.3) is 0 Å². The molecule has 0 aromatic carbocycles. The summed E-state index contributed by atoms with van der Waals surface area (Å²) >= 11 is 0. The van der Waals surface area contributed by atoms with E-state index in [1.807, 2.05) is 42.4 Å². The van der Waals surface area contributed by atoms with Gasteiger partial charge in [0, 0.05) is 37.6 Å². The van der Waals surface area contributed by atoms with E-state index in [-0.39, 0.29) is 6.03 Å². The van der Waals surface area contributed by atoms with Crippen molar-refractivity contribution in [3.63, 3.8) is 0 Å². The van der Waals surface area contributed by atoms with E-state index in [1.165, 1.54) is 0 Å². The minimum atomic E-state index is -0.0778. The Labute approximate surface area is 136 Å². The van der Waals surface area contributed by atoms with Gasteiger partial charge < -0.3 is 9.47 Å². The third-order valence-corrected chi connectivity index (χ3v) is 4.27. The molecule has 23 heavy (non-hydrogen) atoms. The lowest BCUT2D eigenvalue weighted by Gasteiger charge is -2.34. The third-order valence-electron chi connectivity index (χ3n) is 4.27. The summed E-state index contributed by atoms with van der Waals surface area (Å²) in [7, 11) is 0. The molecular weight excluding hydrogens is 290 g/mol. The first-order valence-corrected chi connectivity index (χ1v) is 8.18. The summed E-state index contributed by atoms with van der Waals surface area (Å²) in [5.41, 5.74) is 0.894. The van der Waals surface area contributed by atoms with Gasteiger partial charge in [0.05, 0.1) is 6.04 Å².